The predicted octanol–water partition coefficient (Wildman–Crippen LogP) is 5.55. The van der Waals surface area contributed by atoms with E-state index >= 15 is 0 Å². The van der Waals surface area contributed by atoms with Gasteiger partial charge in [-0.2, -0.15) is 0 Å². The lowest BCUT2D eigenvalue weighted by atomic mass is 9.68. The van der Waals surface area contributed by atoms with Gasteiger partial charge in [-0.05, 0) is 47.9 Å². The monoisotopic (exact) mass is 525 g/mol. The maximum absolute atomic E-state index is 14.1. The molecule has 0 N–H and O–H groups in total. The molecule has 0 saturated carbocycles. The Morgan fingerprint density at radius 1 is 0.972 bits per heavy atom. The van der Waals surface area contributed by atoms with Gasteiger partial charge in [0, 0.05) is 23.0 Å². The van der Waals surface area contributed by atoms with Crippen LogP contribution < -0.4 is 0 Å². The molecule has 0 bridgehead atoms. The molecule has 2 aliphatic heterocycles. The standard InChI is InChI=1S/C28H25Cl2NO5/c1-2-34-26(33)27-18-28(20-8-12-22(29)13-9-20,21-10-14-23(30)15-11-21)36-35-24(27)17-31(25(27)32)16-19-6-4-3-5-7-19/h3-15,24H,2,16-18H2,1H3. The average Bonchev–Trinajstić information content (AvgIpc) is 3.17. The van der Waals surface area contributed by atoms with Gasteiger partial charge in [0.05, 0.1) is 13.2 Å². The number of esters is 1. The number of hydrogen-bond acceptors (Lipinski definition) is 5. The molecule has 2 aliphatic rings. The lowest BCUT2D eigenvalue weighted by Gasteiger charge is -2.45. The summed E-state index contributed by atoms with van der Waals surface area (Å²) in [6, 6.07) is 23.8. The van der Waals surface area contributed by atoms with Crippen molar-refractivity contribution in [2.24, 2.45) is 5.41 Å². The highest BCUT2D eigenvalue weighted by Gasteiger charge is 2.68. The molecule has 186 valence electrons. The third-order valence-corrected chi connectivity index (χ3v) is 7.42. The quantitative estimate of drug-likeness (QED) is 0.240. The highest BCUT2D eigenvalue weighted by atomic mass is 35.5. The summed E-state index contributed by atoms with van der Waals surface area (Å²) in [5.74, 6) is -0.962. The fourth-order valence-corrected chi connectivity index (χ4v) is 5.37. The van der Waals surface area contributed by atoms with Gasteiger partial charge in [-0.1, -0.05) is 77.8 Å². The van der Waals surface area contributed by atoms with Crippen molar-refractivity contribution in [1.29, 1.82) is 0 Å². The van der Waals surface area contributed by atoms with Crippen molar-refractivity contribution in [3.05, 3.63) is 106 Å². The molecular formula is C28H25Cl2NO5. The molecule has 36 heavy (non-hydrogen) atoms. The minimum Gasteiger partial charge on any atom is -0.465 e. The number of hydrogen-bond donors (Lipinski definition) is 0. The Bertz CT molecular complexity index is 1200. The average molecular weight is 526 g/mol. The van der Waals surface area contributed by atoms with E-state index in [1.54, 1.807) is 60.4 Å². The van der Waals surface area contributed by atoms with Gasteiger partial charge in [-0.15, -0.1) is 0 Å². The second-order valence-electron chi connectivity index (χ2n) is 9.05. The summed E-state index contributed by atoms with van der Waals surface area (Å²) in [7, 11) is 0. The summed E-state index contributed by atoms with van der Waals surface area (Å²) < 4.78 is 5.49. The van der Waals surface area contributed by atoms with Gasteiger partial charge in [0.1, 0.15) is 6.10 Å². The molecule has 2 atom stereocenters. The van der Waals surface area contributed by atoms with Gasteiger partial charge in [-0.3, -0.25) is 9.59 Å². The zero-order valence-corrected chi connectivity index (χ0v) is 21.2. The Morgan fingerprint density at radius 2 is 1.56 bits per heavy atom. The minimum atomic E-state index is -1.59. The molecule has 2 unspecified atom stereocenters. The Kier molecular flexibility index (Phi) is 6.79. The summed E-state index contributed by atoms with van der Waals surface area (Å²) >= 11 is 12.3. The van der Waals surface area contributed by atoms with E-state index in [9.17, 15) is 9.59 Å². The van der Waals surface area contributed by atoms with Crippen molar-refractivity contribution in [2.45, 2.75) is 31.6 Å². The van der Waals surface area contributed by atoms with Crippen LogP contribution in [0, 0.1) is 5.41 Å². The highest BCUT2D eigenvalue weighted by Crippen LogP contribution is 2.54. The normalized spacial score (nSPS) is 22.8. The van der Waals surface area contributed by atoms with Crippen molar-refractivity contribution < 1.29 is 24.1 Å². The van der Waals surface area contributed by atoms with Crippen LogP contribution in [0.1, 0.15) is 30.0 Å². The van der Waals surface area contributed by atoms with Gasteiger partial charge in [0.2, 0.25) is 5.91 Å². The summed E-state index contributed by atoms with van der Waals surface area (Å²) in [5.41, 5.74) is -0.554. The first-order valence-electron chi connectivity index (χ1n) is 11.8. The zero-order chi connectivity index (χ0) is 25.3. The number of amides is 1. The van der Waals surface area contributed by atoms with E-state index in [2.05, 4.69) is 0 Å². The first kappa shape index (κ1) is 24.8. The summed E-state index contributed by atoms with van der Waals surface area (Å²) in [6.07, 6.45) is -0.836. The number of halogens is 2. The third kappa shape index (κ3) is 4.18. The summed E-state index contributed by atoms with van der Waals surface area (Å²) in [6.45, 7) is 2.39. The van der Waals surface area contributed by atoms with Crippen LogP contribution in [-0.2, 0) is 36.2 Å². The molecule has 3 aromatic rings. The van der Waals surface area contributed by atoms with Crippen LogP contribution in [0.2, 0.25) is 10.0 Å². The van der Waals surface area contributed by atoms with Crippen LogP contribution in [0.15, 0.2) is 78.9 Å². The number of ether oxygens (including phenoxy) is 1. The van der Waals surface area contributed by atoms with E-state index in [4.69, 9.17) is 37.7 Å². The molecule has 8 heteroatoms. The predicted molar refractivity (Wildman–Crippen MR) is 135 cm³/mol. The number of likely N-dealkylation sites (tertiary alicyclic amines) is 1. The highest BCUT2D eigenvalue weighted by molar-refractivity contribution is 6.30. The van der Waals surface area contributed by atoms with Crippen molar-refractivity contribution in [3.8, 4) is 0 Å². The molecule has 0 aromatic heterocycles. The lowest BCUT2D eigenvalue weighted by molar-refractivity contribution is -0.417. The van der Waals surface area contributed by atoms with Crippen LogP contribution in [0.4, 0.5) is 0 Å². The van der Waals surface area contributed by atoms with E-state index in [1.807, 2.05) is 30.3 Å². The van der Waals surface area contributed by atoms with E-state index in [-0.39, 0.29) is 25.5 Å². The van der Waals surface area contributed by atoms with Crippen LogP contribution in [-0.4, -0.2) is 36.0 Å². The van der Waals surface area contributed by atoms with Crippen LogP contribution in [0.3, 0.4) is 0 Å². The number of carbonyl (C=O) groups is 2. The largest absolute Gasteiger partial charge is 0.465 e. The first-order chi connectivity index (χ1) is 17.4. The zero-order valence-electron chi connectivity index (χ0n) is 19.7. The molecular weight excluding hydrogens is 501 g/mol. The second-order valence-corrected chi connectivity index (χ2v) is 9.92. The van der Waals surface area contributed by atoms with Gasteiger partial charge < -0.3 is 9.64 Å². The maximum Gasteiger partial charge on any atom is 0.324 e. The van der Waals surface area contributed by atoms with E-state index in [0.717, 1.165) is 5.56 Å². The topological polar surface area (TPSA) is 65.1 Å². The van der Waals surface area contributed by atoms with E-state index in [0.29, 0.717) is 27.7 Å². The Hall–Kier alpha value is -2.90. The maximum atomic E-state index is 14.1. The molecule has 2 heterocycles. The van der Waals surface area contributed by atoms with Crippen molar-refractivity contribution in [1.82, 2.24) is 4.90 Å². The number of benzene rings is 3. The molecule has 5 rings (SSSR count). The lowest BCUT2D eigenvalue weighted by Crippen LogP contribution is -2.57. The molecule has 6 nitrogen and oxygen atoms in total. The van der Waals surface area contributed by atoms with Crippen LogP contribution in [0.5, 0.6) is 0 Å². The van der Waals surface area contributed by atoms with Crippen LogP contribution in [0.25, 0.3) is 0 Å². The summed E-state index contributed by atoms with van der Waals surface area (Å²) in [5, 5.41) is 1.09. The van der Waals surface area contributed by atoms with Crippen molar-refractivity contribution in [2.75, 3.05) is 13.2 Å². The fraction of sp³-hybridized carbons (Fsp3) is 0.286. The molecule has 0 spiro atoms. The number of carbonyl (C=O) groups excluding carboxylic acids is 2. The third-order valence-electron chi connectivity index (χ3n) is 6.92. The second kappa shape index (κ2) is 9.87. The first-order valence-corrected chi connectivity index (χ1v) is 12.5. The molecule has 1 amide bonds. The fourth-order valence-electron chi connectivity index (χ4n) is 5.12. The SMILES string of the molecule is CCOC(=O)C12CC(c3ccc(Cl)cc3)(c3ccc(Cl)cc3)OOC1CN(Cc1ccccc1)C2=O. The number of rotatable bonds is 6. The summed E-state index contributed by atoms with van der Waals surface area (Å²) in [4.78, 5) is 41.5. The molecule has 2 saturated heterocycles. The van der Waals surface area contributed by atoms with Gasteiger partial charge >= 0.3 is 5.97 Å². The van der Waals surface area contributed by atoms with E-state index in [1.165, 1.54) is 0 Å². The number of nitrogens with zero attached hydrogens (tertiary/aromatic N) is 1. The molecule has 2 fully saturated rings. The minimum absolute atomic E-state index is 0.00309. The number of fused-ring (bicyclic) bond motifs is 1. The van der Waals surface area contributed by atoms with Gasteiger partial charge in [0.15, 0.2) is 11.0 Å². The van der Waals surface area contributed by atoms with Gasteiger partial charge in [-0.25, -0.2) is 9.78 Å². The molecule has 3 aromatic carbocycles. The Morgan fingerprint density at radius 3 is 2.11 bits per heavy atom. The molecule has 0 aliphatic carbocycles. The Labute approximate surface area is 219 Å². The molecule has 0 radical (unpaired) electrons. The van der Waals surface area contributed by atoms with Gasteiger partial charge in [0.25, 0.3) is 0 Å². The van der Waals surface area contributed by atoms with Crippen molar-refractivity contribution in [3.63, 3.8) is 0 Å². The van der Waals surface area contributed by atoms with Crippen molar-refractivity contribution >= 4 is 35.1 Å². The van der Waals surface area contributed by atoms with E-state index < -0.39 is 23.1 Å². The smallest absolute Gasteiger partial charge is 0.324 e. The Balaban J connectivity index is 1.62. The van der Waals surface area contributed by atoms with Crippen LogP contribution >= 0.6 is 23.2 Å².